The maximum atomic E-state index is 14.0. The van der Waals surface area contributed by atoms with E-state index in [4.69, 9.17) is 4.52 Å². The number of rotatable bonds is 4. The largest absolute Gasteiger partial charge is 0.364 e. The van der Waals surface area contributed by atoms with Gasteiger partial charge in [-0.25, -0.2) is 0 Å². The van der Waals surface area contributed by atoms with Gasteiger partial charge in [-0.2, -0.15) is 27.5 Å². The summed E-state index contributed by atoms with van der Waals surface area (Å²) in [7, 11) is 0. The van der Waals surface area contributed by atoms with Gasteiger partial charge in [-0.3, -0.25) is 4.90 Å². The molecule has 0 bridgehead atoms. The topological polar surface area (TPSA) is 58.3 Å². The third kappa shape index (κ3) is 3.35. The lowest BCUT2D eigenvalue weighted by Gasteiger charge is -2.38. The minimum atomic E-state index is -1.66. The number of anilines is 1. The lowest BCUT2D eigenvalue weighted by molar-refractivity contribution is 0.163. The van der Waals surface area contributed by atoms with Crippen LogP contribution in [0.25, 0.3) is 10.7 Å². The second-order valence-corrected chi connectivity index (χ2v) is 7.25. The van der Waals surface area contributed by atoms with E-state index in [0.717, 1.165) is 4.88 Å². The zero-order chi connectivity index (χ0) is 19.8. The standard InChI is InChI=1S/C17H15F4N5OS/c1-9(17-23-16(24-27-17)10-3-2-8-28-10)25-4-6-26(7-5-25)13-11(18)14(20)22-15(21)12(13)19/h2-3,8-9H,4-7H2,1H3. The fourth-order valence-corrected chi connectivity index (χ4v) is 3.80. The number of hydrogen-bond donors (Lipinski definition) is 0. The molecule has 0 aliphatic carbocycles. The van der Waals surface area contributed by atoms with Crippen molar-refractivity contribution in [1.29, 1.82) is 0 Å². The van der Waals surface area contributed by atoms with Gasteiger partial charge in [0.05, 0.1) is 10.9 Å². The van der Waals surface area contributed by atoms with Gasteiger partial charge in [0.2, 0.25) is 23.3 Å². The van der Waals surface area contributed by atoms with Crippen LogP contribution >= 0.6 is 11.3 Å². The summed E-state index contributed by atoms with van der Waals surface area (Å²) in [6, 6.07) is 3.56. The Labute approximate surface area is 161 Å². The summed E-state index contributed by atoms with van der Waals surface area (Å²) in [6.45, 7) is 3.01. The molecule has 0 radical (unpaired) electrons. The zero-order valence-electron chi connectivity index (χ0n) is 14.7. The Bertz CT molecular complexity index is 946. The first-order chi connectivity index (χ1) is 13.5. The lowest BCUT2D eigenvalue weighted by atomic mass is 10.2. The first-order valence-corrected chi connectivity index (χ1v) is 9.40. The SMILES string of the molecule is CC(c1nc(-c2cccs2)no1)N1CCN(c2c(F)c(F)nc(F)c2F)CC1. The fourth-order valence-electron chi connectivity index (χ4n) is 3.15. The van der Waals surface area contributed by atoms with Crippen molar-refractivity contribution in [2.24, 2.45) is 0 Å². The molecule has 1 atom stereocenters. The molecule has 3 aromatic rings. The molecule has 0 N–H and O–H groups in total. The molecular weight excluding hydrogens is 398 g/mol. The Hall–Kier alpha value is -2.53. The maximum absolute atomic E-state index is 14.0. The number of thiophene rings is 1. The van der Waals surface area contributed by atoms with Gasteiger partial charge in [0, 0.05) is 26.2 Å². The second-order valence-electron chi connectivity index (χ2n) is 6.30. The molecular formula is C17H15F4N5OS. The van der Waals surface area contributed by atoms with Crippen LogP contribution in [0.4, 0.5) is 23.2 Å². The molecule has 4 rings (SSSR count). The summed E-state index contributed by atoms with van der Waals surface area (Å²) in [5.41, 5.74) is -0.727. The molecule has 1 fully saturated rings. The molecule has 0 spiro atoms. The van der Waals surface area contributed by atoms with Gasteiger partial charge >= 0.3 is 0 Å². The molecule has 1 saturated heterocycles. The van der Waals surface area contributed by atoms with E-state index >= 15 is 0 Å². The van der Waals surface area contributed by atoms with E-state index in [1.54, 1.807) is 0 Å². The average molecular weight is 413 g/mol. The Morgan fingerprint density at radius 3 is 2.32 bits per heavy atom. The first kappa shape index (κ1) is 18.8. The zero-order valence-corrected chi connectivity index (χ0v) is 15.5. The fraction of sp³-hybridized carbons (Fsp3) is 0.353. The molecule has 1 aliphatic heterocycles. The summed E-state index contributed by atoms with van der Waals surface area (Å²) < 4.78 is 60.0. The Morgan fingerprint density at radius 2 is 1.71 bits per heavy atom. The van der Waals surface area contributed by atoms with Crippen LogP contribution in [0.3, 0.4) is 0 Å². The summed E-state index contributed by atoms with van der Waals surface area (Å²) in [5.74, 6) is -5.36. The predicted molar refractivity (Wildman–Crippen MR) is 93.9 cm³/mol. The van der Waals surface area contributed by atoms with Gasteiger partial charge in [0.1, 0.15) is 5.69 Å². The van der Waals surface area contributed by atoms with Crippen molar-refractivity contribution in [3.8, 4) is 10.7 Å². The number of hydrogen-bond acceptors (Lipinski definition) is 7. The van der Waals surface area contributed by atoms with Crippen LogP contribution in [0.5, 0.6) is 0 Å². The van der Waals surface area contributed by atoms with Gasteiger partial charge < -0.3 is 9.42 Å². The van der Waals surface area contributed by atoms with Crippen molar-refractivity contribution in [2.45, 2.75) is 13.0 Å². The minimum Gasteiger partial charge on any atom is -0.364 e. The number of nitrogens with zero attached hydrogens (tertiary/aromatic N) is 5. The smallest absolute Gasteiger partial charge is 0.253 e. The van der Waals surface area contributed by atoms with E-state index in [1.165, 1.54) is 16.2 Å². The molecule has 0 amide bonds. The van der Waals surface area contributed by atoms with Gasteiger partial charge in [0.15, 0.2) is 0 Å². The Morgan fingerprint density at radius 1 is 1.04 bits per heavy atom. The normalized spacial score (nSPS) is 16.5. The molecule has 4 heterocycles. The van der Waals surface area contributed by atoms with E-state index in [0.29, 0.717) is 24.8 Å². The highest BCUT2D eigenvalue weighted by molar-refractivity contribution is 7.13. The van der Waals surface area contributed by atoms with E-state index in [1.807, 2.05) is 29.3 Å². The quantitative estimate of drug-likeness (QED) is 0.481. The molecule has 6 nitrogen and oxygen atoms in total. The molecule has 3 aromatic heterocycles. The van der Waals surface area contributed by atoms with E-state index < -0.39 is 29.2 Å². The molecule has 0 aromatic carbocycles. The van der Waals surface area contributed by atoms with Gasteiger partial charge in [-0.05, 0) is 18.4 Å². The lowest BCUT2D eigenvalue weighted by Crippen LogP contribution is -2.48. The minimum absolute atomic E-state index is 0.174. The van der Waals surface area contributed by atoms with Crippen LogP contribution in [0.2, 0.25) is 0 Å². The van der Waals surface area contributed by atoms with Crippen molar-refractivity contribution in [3.05, 3.63) is 46.9 Å². The molecule has 1 aliphatic rings. The first-order valence-electron chi connectivity index (χ1n) is 8.52. The molecule has 1 unspecified atom stereocenters. The third-order valence-electron chi connectivity index (χ3n) is 4.69. The van der Waals surface area contributed by atoms with Gasteiger partial charge in [0.25, 0.3) is 11.9 Å². The second kappa shape index (κ2) is 7.47. The highest BCUT2D eigenvalue weighted by atomic mass is 32.1. The molecule has 148 valence electrons. The van der Waals surface area contributed by atoms with Crippen LogP contribution in [0, 0.1) is 23.5 Å². The number of piperazine rings is 1. The van der Waals surface area contributed by atoms with E-state index in [9.17, 15) is 17.6 Å². The molecule has 0 saturated carbocycles. The predicted octanol–water partition coefficient (Wildman–Crippen LogP) is 3.63. The van der Waals surface area contributed by atoms with Crippen molar-refractivity contribution >= 4 is 17.0 Å². The van der Waals surface area contributed by atoms with E-state index in [-0.39, 0.29) is 19.1 Å². The van der Waals surface area contributed by atoms with Crippen molar-refractivity contribution in [3.63, 3.8) is 0 Å². The summed E-state index contributed by atoms with van der Waals surface area (Å²) >= 11 is 1.50. The number of pyridine rings is 1. The van der Waals surface area contributed by atoms with Crippen LogP contribution in [0.15, 0.2) is 22.0 Å². The van der Waals surface area contributed by atoms with Gasteiger partial charge in [-0.1, -0.05) is 11.2 Å². The monoisotopic (exact) mass is 413 g/mol. The van der Waals surface area contributed by atoms with Crippen LogP contribution < -0.4 is 4.90 Å². The van der Waals surface area contributed by atoms with Crippen molar-refractivity contribution in [2.75, 3.05) is 31.1 Å². The number of halogens is 4. The highest BCUT2D eigenvalue weighted by Crippen LogP contribution is 2.29. The van der Waals surface area contributed by atoms with Crippen LogP contribution in [-0.4, -0.2) is 46.2 Å². The molecule has 28 heavy (non-hydrogen) atoms. The Kier molecular flexibility index (Phi) is 5.02. The van der Waals surface area contributed by atoms with Crippen molar-refractivity contribution < 1.29 is 22.1 Å². The summed E-state index contributed by atoms with van der Waals surface area (Å²) in [4.78, 5) is 11.1. The summed E-state index contributed by atoms with van der Waals surface area (Å²) in [6.07, 6.45) is 0. The Balaban J connectivity index is 1.46. The number of aromatic nitrogens is 3. The maximum Gasteiger partial charge on any atom is 0.253 e. The summed E-state index contributed by atoms with van der Waals surface area (Å²) in [5, 5.41) is 5.89. The average Bonchev–Trinajstić information content (AvgIpc) is 3.38. The van der Waals surface area contributed by atoms with Gasteiger partial charge in [-0.15, -0.1) is 11.3 Å². The van der Waals surface area contributed by atoms with Crippen LogP contribution in [0.1, 0.15) is 18.9 Å². The van der Waals surface area contributed by atoms with E-state index in [2.05, 4.69) is 15.1 Å². The van der Waals surface area contributed by atoms with Crippen LogP contribution in [-0.2, 0) is 0 Å². The molecule has 11 heteroatoms. The highest BCUT2D eigenvalue weighted by Gasteiger charge is 2.31. The third-order valence-corrected chi connectivity index (χ3v) is 5.56. The van der Waals surface area contributed by atoms with Crippen molar-refractivity contribution in [1.82, 2.24) is 20.0 Å².